The lowest BCUT2D eigenvalue weighted by atomic mass is 9.92. The van der Waals surface area contributed by atoms with Gasteiger partial charge in [0.15, 0.2) is 0 Å². The second kappa shape index (κ2) is 7.95. The molecule has 2 nitrogen and oxygen atoms in total. The van der Waals surface area contributed by atoms with E-state index in [1.165, 1.54) is 0 Å². The summed E-state index contributed by atoms with van der Waals surface area (Å²) in [5.74, 6) is 1.70. The van der Waals surface area contributed by atoms with E-state index in [1.807, 2.05) is 12.1 Å². The first kappa shape index (κ1) is 19.8. The van der Waals surface area contributed by atoms with Crippen LogP contribution in [-0.2, 0) is 13.2 Å². The summed E-state index contributed by atoms with van der Waals surface area (Å²) in [6.07, 6.45) is 0. The van der Waals surface area contributed by atoms with Gasteiger partial charge in [0.05, 0.1) is 0 Å². The molecule has 6 rings (SSSR count). The van der Waals surface area contributed by atoms with E-state index >= 15 is 0 Å². The Morgan fingerprint density at radius 1 is 0.531 bits per heavy atom. The van der Waals surface area contributed by atoms with Crippen LogP contribution < -0.4 is 9.47 Å². The van der Waals surface area contributed by atoms with Crippen LogP contribution in [0.15, 0.2) is 93.9 Å². The molecule has 0 spiro atoms. The van der Waals surface area contributed by atoms with E-state index in [-0.39, 0.29) is 0 Å². The van der Waals surface area contributed by atoms with Gasteiger partial charge in [-0.25, -0.2) is 0 Å². The van der Waals surface area contributed by atoms with Gasteiger partial charge in [-0.2, -0.15) is 0 Å². The number of benzene rings is 5. The summed E-state index contributed by atoms with van der Waals surface area (Å²) in [4.78, 5) is 0. The van der Waals surface area contributed by atoms with Gasteiger partial charge in [0, 0.05) is 20.1 Å². The summed E-state index contributed by atoms with van der Waals surface area (Å²) in [5, 5.41) is 4.57. The van der Waals surface area contributed by atoms with Crippen molar-refractivity contribution in [1.82, 2.24) is 0 Å². The van der Waals surface area contributed by atoms with Crippen LogP contribution in [0.3, 0.4) is 0 Å². The zero-order valence-corrected chi connectivity index (χ0v) is 20.2. The molecule has 0 amide bonds. The Morgan fingerprint density at radius 2 is 0.969 bits per heavy atom. The van der Waals surface area contributed by atoms with Crippen molar-refractivity contribution in [3.05, 3.63) is 105 Å². The van der Waals surface area contributed by atoms with Crippen LogP contribution in [0.4, 0.5) is 0 Å². The molecule has 0 radical (unpaired) electrons. The van der Waals surface area contributed by atoms with Crippen molar-refractivity contribution in [3.63, 3.8) is 0 Å². The minimum Gasteiger partial charge on any atom is -0.488 e. The first-order valence-electron chi connectivity index (χ1n) is 10.4. The Bertz CT molecular complexity index is 1390. The maximum absolute atomic E-state index is 6.49. The molecule has 32 heavy (non-hydrogen) atoms. The Balaban J connectivity index is 1.73. The molecule has 0 fully saturated rings. The molecule has 0 unspecified atom stereocenters. The van der Waals surface area contributed by atoms with Crippen LogP contribution in [0.5, 0.6) is 11.5 Å². The first-order chi connectivity index (χ1) is 15.7. The molecular formula is C28H18Br2O2. The van der Waals surface area contributed by atoms with Crippen molar-refractivity contribution in [2.24, 2.45) is 0 Å². The quantitative estimate of drug-likeness (QED) is 0.194. The highest BCUT2D eigenvalue weighted by Crippen LogP contribution is 2.47. The van der Waals surface area contributed by atoms with Gasteiger partial charge in [-0.1, -0.05) is 80.4 Å². The molecular weight excluding hydrogens is 528 g/mol. The Morgan fingerprint density at radius 3 is 1.44 bits per heavy atom. The lowest BCUT2D eigenvalue weighted by molar-refractivity contribution is 0.283. The van der Waals surface area contributed by atoms with Gasteiger partial charge in [0.25, 0.3) is 0 Å². The van der Waals surface area contributed by atoms with Crippen LogP contribution in [0.1, 0.15) is 11.1 Å². The highest BCUT2D eigenvalue weighted by Gasteiger charge is 2.21. The fourth-order valence-electron chi connectivity index (χ4n) is 4.45. The Labute approximate surface area is 203 Å². The largest absolute Gasteiger partial charge is 0.488 e. The Kier molecular flexibility index (Phi) is 4.93. The van der Waals surface area contributed by atoms with E-state index in [0.717, 1.165) is 64.2 Å². The van der Waals surface area contributed by atoms with E-state index in [9.17, 15) is 0 Å². The van der Waals surface area contributed by atoms with Crippen molar-refractivity contribution < 1.29 is 9.47 Å². The number of hydrogen-bond acceptors (Lipinski definition) is 2. The van der Waals surface area contributed by atoms with Crippen molar-refractivity contribution in [2.45, 2.75) is 13.2 Å². The summed E-state index contributed by atoms with van der Waals surface area (Å²) < 4.78 is 15.0. The normalized spacial score (nSPS) is 12.9. The van der Waals surface area contributed by atoms with Gasteiger partial charge < -0.3 is 9.47 Å². The molecule has 0 aliphatic carbocycles. The van der Waals surface area contributed by atoms with Crippen LogP contribution in [0.25, 0.3) is 32.7 Å². The third kappa shape index (κ3) is 3.39. The maximum atomic E-state index is 6.49. The fourth-order valence-corrected chi connectivity index (χ4v) is 5.17. The third-order valence-electron chi connectivity index (χ3n) is 6.03. The molecule has 5 aromatic rings. The molecule has 0 saturated heterocycles. The summed E-state index contributed by atoms with van der Waals surface area (Å²) in [5.41, 5.74) is 4.39. The molecule has 0 saturated carbocycles. The highest BCUT2D eigenvalue weighted by atomic mass is 79.9. The molecule has 0 bridgehead atoms. The second-order valence-electron chi connectivity index (χ2n) is 7.95. The third-order valence-corrected chi connectivity index (χ3v) is 7.01. The average molecular weight is 546 g/mol. The van der Waals surface area contributed by atoms with E-state index in [1.54, 1.807) is 0 Å². The van der Waals surface area contributed by atoms with Gasteiger partial charge in [-0.05, 0) is 69.1 Å². The standard InChI is InChI=1S/C28H18Br2O2/c29-21-9-5-17-7-11-25-27(23(17)13-21)28-24-14-22(30)10-6-18(24)8-12-26(28)32-16-20-4-2-1-3-19(20)15-31-25/h1-14H,15-16H2. The van der Waals surface area contributed by atoms with E-state index < -0.39 is 0 Å². The predicted molar refractivity (Wildman–Crippen MR) is 137 cm³/mol. The fraction of sp³-hybridized carbons (Fsp3) is 0.0714. The number of ether oxygens (including phenoxy) is 2. The molecule has 1 aliphatic rings. The van der Waals surface area contributed by atoms with Crippen LogP contribution in [-0.4, -0.2) is 0 Å². The second-order valence-corrected chi connectivity index (χ2v) is 9.79. The molecule has 156 valence electrons. The van der Waals surface area contributed by atoms with E-state index in [2.05, 4.69) is 105 Å². The van der Waals surface area contributed by atoms with Gasteiger partial charge >= 0.3 is 0 Å². The summed E-state index contributed by atoms with van der Waals surface area (Å²) in [6.45, 7) is 0.992. The smallest absolute Gasteiger partial charge is 0.128 e. The maximum Gasteiger partial charge on any atom is 0.128 e. The monoisotopic (exact) mass is 544 g/mol. The molecule has 1 heterocycles. The number of rotatable bonds is 0. The van der Waals surface area contributed by atoms with Gasteiger partial charge in [-0.15, -0.1) is 0 Å². The lowest BCUT2D eigenvalue weighted by Gasteiger charge is -2.22. The molecule has 0 atom stereocenters. The van der Waals surface area contributed by atoms with Crippen LogP contribution >= 0.6 is 31.9 Å². The van der Waals surface area contributed by atoms with E-state index in [0.29, 0.717) is 13.2 Å². The SMILES string of the molecule is Brc1ccc2ccc3c(c2c1)-c1c(ccc2ccc(Br)cc12)OCc1ccccc1CO3. The van der Waals surface area contributed by atoms with Crippen LogP contribution in [0, 0.1) is 0 Å². The van der Waals surface area contributed by atoms with Gasteiger partial charge in [0.2, 0.25) is 0 Å². The topological polar surface area (TPSA) is 18.5 Å². The lowest BCUT2D eigenvalue weighted by Crippen LogP contribution is -2.07. The summed E-state index contributed by atoms with van der Waals surface area (Å²) in [7, 11) is 0. The zero-order chi connectivity index (χ0) is 21.7. The number of halogens is 2. The van der Waals surface area contributed by atoms with Crippen molar-refractivity contribution in [3.8, 4) is 22.6 Å². The summed E-state index contributed by atoms with van der Waals surface area (Å²) >= 11 is 7.33. The minimum atomic E-state index is 0.496. The van der Waals surface area contributed by atoms with Crippen molar-refractivity contribution >= 4 is 53.4 Å². The molecule has 5 aromatic carbocycles. The molecule has 0 aromatic heterocycles. The van der Waals surface area contributed by atoms with Crippen LogP contribution in [0.2, 0.25) is 0 Å². The van der Waals surface area contributed by atoms with Crippen molar-refractivity contribution in [2.75, 3.05) is 0 Å². The molecule has 4 heteroatoms. The molecule has 1 aliphatic heterocycles. The average Bonchev–Trinajstić information content (AvgIpc) is 2.81. The number of hydrogen-bond donors (Lipinski definition) is 0. The first-order valence-corrected chi connectivity index (χ1v) is 12.0. The minimum absolute atomic E-state index is 0.496. The van der Waals surface area contributed by atoms with Gasteiger partial charge in [-0.3, -0.25) is 0 Å². The number of fused-ring (bicyclic) bond motifs is 8. The summed E-state index contributed by atoms with van der Waals surface area (Å²) in [6, 6.07) is 29.5. The van der Waals surface area contributed by atoms with E-state index in [4.69, 9.17) is 9.47 Å². The Hall–Kier alpha value is -2.82. The highest BCUT2D eigenvalue weighted by molar-refractivity contribution is 9.10. The zero-order valence-electron chi connectivity index (χ0n) is 17.1. The van der Waals surface area contributed by atoms with Crippen molar-refractivity contribution in [1.29, 1.82) is 0 Å². The predicted octanol–water partition coefficient (Wildman–Crippen LogP) is 8.66. The van der Waals surface area contributed by atoms with Gasteiger partial charge in [0.1, 0.15) is 24.7 Å². The molecule has 0 N–H and O–H groups in total.